The van der Waals surface area contributed by atoms with E-state index in [0.717, 1.165) is 65.1 Å². The molecule has 1 saturated heterocycles. The molecule has 1 aliphatic heterocycles. The minimum atomic E-state index is 0.392. The minimum absolute atomic E-state index is 0.392. The average molecular weight is 509 g/mol. The van der Waals surface area contributed by atoms with Gasteiger partial charge in [0.1, 0.15) is 13.7 Å². The van der Waals surface area contributed by atoms with Crippen LogP contribution in [0.5, 0.6) is 0 Å². The number of hydrogen-bond acceptors (Lipinski definition) is 4. The third-order valence-electron chi connectivity index (χ3n) is 6.03. The first-order chi connectivity index (χ1) is 15.6. The molecule has 0 radical (unpaired) electrons. The van der Waals surface area contributed by atoms with Crippen LogP contribution in [0.2, 0.25) is 5.02 Å². The molecule has 8 heteroatoms. The van der Waals surface area contributed by atoms with Crippen molar-refractivity contribution in [3.05, 3.63) is 75.9 Å². The average Bonchev–Trinajstić information content (AvgIpc) is 3.16. The lowest BCUT2D eigenvalue weighted by molar-refractivity contribution is 0.211. The van der Waals surface area contributed by atoms with Crippen molar-refractivity contribution in [1.29, 1.82) is 0 Å². The van der Waals surface area contributed by atoms with Crippen LogP contribution in [0.3, 0.4) is 0 Å². The Hall–Kier alpha value is -2.35. The standard InChI is InChI=1S/C24H24BBrClN5/c25-20-14-28-32-23(13-22(30-24(20)32)19-6-1-2-7-21(19)27)29-18-8-10-31(11-9-18)15-16-4-3-5-17(26)12-16/h1-7,12-14,18,29H,8-11,15,25H2. The van der Waals surface area contributed by atoms with E-state index >= 15 is 0 Å². The first kappa shape index (κ1) is 21.5. The number of benzene rings is 2. The van der Waals surface area contributed by atoms with Gasteiger partial charge in [0, 0.05) is 53.0 Å². The number of halogens is 2. The first-order valence-electron chi connectivity index (χ1n) is 10.9. The minimum Gasteiger partial charge on any atom is -0.367 e. The molecule has 4 aromatic rings. The molecule has 162 valence electrons. The summed E-state index contributed by atoms with van der Waals surface area (Å²) in [6.45, 7) is 3.11. The summed E-state index contributed by atoms with van der Waals surface area (Å²) in [5, 5.41) is 9.01. The van der Waals surface area contributed by atoms with E-state index in [4.69, 9.17) is 16.6 Å². The summed E-state index contributed by atoms with van der Waals surface area (Å²) in [7, 11) is 2.04. The zero-order valence-electron chi connectivity index (χ0n) is 17.9. The number of piperidine rings is 1. The molecule has 2 aromatic carbocycles. The monoisotopic (exact) mass is 507 g/mol. The van der Waals surface area contributed by atoms with E-state index in [-0.39, 0.29) is 0 Å². The lowest BCUT2D eigenvalue weighted by Crippen LogP contribution is -2.39. The number of nitrogens with one attached hydrogen (secondary N) is 1. The molecular weight excluding hydrogens is 484 g/mol. The van der Waals surface area contributed by atoms with Gasteiger partial charge in [0.05, 0.1) is 5.69 Å². The van der Waals surface area contributed by atoms with Gasteiger partial charge < -0.3 is 5.32 Å². The molecule has 0 amide bonds. The van der Waals surface area contributed by atoms with Crippen LogP contribution in [-0.4, -0.2) is 46.5 Å². The maximum Gasteiger partial charge on any atom is 0.151 e. The SMILES string of the molecule is Bc1cnn2c(NC3CCN(Cc4cccc(Br)c4)CC3)cc(-c3ccccc3Cl)nc12. The van der Waals surface area contributed by atoms with Gasteiger partial charge >= 0.3 is 0 Å². The van der Waals surface area contributed by atoms with Crippen LogP contribution in [0.25, 0.3) is 16.9 Å². The van der Waals surface area contributed by atoms with Crippen LogP contribution in [0.1, 0.15) is 18.4 Å². The van der Waals surface area contributed by atoms with E-state index in [0.29, 0.717) is 11.1 Å². The summed E-state index contributed by atoms with van der Waals surface area (Å²) in [6.07, 6.45) is 4.03. The molecule has 1 fully saturated rings. The van der Waals surface area contributed by atoms with Crippen LogP contribution >= 0.6 is 27.5 Å². The van der Waals surface area contributed by atoms with Crippen LogP contribution in [0.4, 0.5) is 5.82 Å². The van der Waals surface area contributed by atoms with Crippen LogP contribution in [0.15, 0.2) is 65.3 Å². The van der Waals surface area contributed by atoms with Crippen molar-refractivity contribution >= 4 is 52.3 Å². The van der Waals surface area contributed by atoms with Gasteiger partial charge in [-0.2, -0.15) is 9.61 Å². The number of anilines is 1. The molecule has 3 heterocycles. The maximum absolute atomic E-state index is 6.47. The normalized spacial score (nSPS) is 15.3. The molecule has 0 bridgehead atoms. The highest BCUT2D eigenvalue weighted by Crippen LogP contribution is 2.29. The molecule has 0 aliphatic carbocycles. The lowest BCUT2D eigenvalue weighted by atomic mass is 10.0. The quantitative estimate of drug-likeness (QED) is 0.412. The largest absolute Gasteiger partial charge is 0.367 e. The summed E-state index contributed by atoms with van der Waals surface area (Å²) >= 11 is 10.0. The second kappa shape index (κ2) is 9.26. The van der Waals surface area contributed by atoms with Gasteiger partial charge in [0.25, 0.3) is 0 Å². The topological polar surface area (TPSA) is 45.5 Å². The van der Waals surface area contributed by atoms with Crippen molar-refractivity contribution in [2.24, 2.45) is 0 Å². The molecule has 0 saturated carbocycles. The predicted molar refractivity (Wildman–Crippen MR) is 138 cm³/mol. The van der Waals surface area contributed by atoms with Crippen molar-refractivity contribution in [2.45, 2.75) is 25.4 Å². The first-order valence-corrected chi connectivity index (χ1v) is 12.1. The Morgan fingerprint density at radius 1 is 1.09 bits per heavy atom. The Morgan fingerprint density at radius 2 is 1.91 bits per heavy atom. The molecule has 2 aromatic heterocycles. The van der Waals surface area contributed by atoms with Gasteiger partial charge in [-0.05, 0) is 42.1 Å². The Balaban J connectivity index is 1.34. The van der Waals surface area contributed by atoms with Crippen molar-refractivity contribution in [1.82, 2.24) is 19.5 Å². The molecule has 0 spiro atoms. The summed E-state index contributed by atoms with van der Waals surface area (Å²) in [5.41, 5.74) is 5.05. The zero-order valence-corrected chi connectivity index (χ0v) is 20.3. The van der Waals surface area contributed by atoms with Crippen molar-refractivity contribution in [3.8, 4) is 11.3 Å². The number of fused-ring (bicyclic) bond motifs is 1. The van der Waals surface area contributed by atoms with Gasteiger partial charge in [-0.15, -0.1) is 0 Å². The molecular formula is C24H24BBrClN5. The van der Waals surface area contributed by atoms with E-state index in [1.807, 2.05) is 42.8 Å². The molecule has 32 heavy (non-hydrogen) atoms. The summed E-state index contributed by atoms with van der Waals surface area (Å²) < 4.78 is 3.04. The van der Waals surface area contributed by atoms with Crippen LogP contribution in [-0.2, 0) is 6.54 Å². The summed E-state index contributed by atoms with van der Waals surface area (Å²) in [6, 6.07) is 18.9. The molecule has 5 rings (SSSR count). The van der Waals surface area contributed by atoms with Gasteiger partial charge in [-0.25, -0.2) is 4.98 Å². The zero-order chi connectivity index (χ0) is 22.1. The van der Waals surface area contributed by atoms with Gasteiger partial charge in [-0.1, -0.05) is 57.9 Å². The Kier molecular flexibility index (Phi) is 6.22. The van der Waals surface area contributed by atoms with Crippen molar-refractivity contribution in [2.75, 3.05) is 18.4 Å². The fraction of sp³-hybridized carbons (Fsp3) is 0.250. The molecule has 0 atom stereocenters. The molecule has 0 unspecified atom stereocenters. The summed E-state index contributed by atoms with van der Waals surface area (Å²) in [5.74, 6) is 0.962. The number of hydrogen-bond donors (Lipinski definition) is 1. The number of nitrogens with zero attached hydrogens (tertiary/aromatic N) is 4. The van der Waals surface area contributed by atoms with E-state index in [1.165, 1.54) is 5.56 Å². The highest BCUT2D eigenvalue weighted by Gasteiger charge is 2.21. The van der Waals surface area contributed by atoms with Crippen LogP contribution < -0.4 is 10.8 Å². The van der Waals surface area contributed by atoms with Crippen molar-refractivity contribution < 1.29 is 0 Å². The highest BCUT2D eigenvalue weighted by molar-refractivity contribution is 9.10. The van der Waals surface area contributed by atoms with Gasteiger partial charge in [-0.3, -0.25) is 4.90 Å². The molecule has 5 nitrogen and oxygen atoms in total. The summed E-state index contributed by atoms with van der Waals surface area (Å²) in [4.78, 5) is 7.37. The van der Waals surface area contributed by atoms with E-state index in [2.05, 4.69) is 61.6 Å². The third kappa shape index (κ3) is 4.56. The van der Waals surface area contributed by atoms with E-state index < -0.39 is 0 Å². The lowest BCUT2D eigenvalue weighted by Gasteiger charge is -2.33. The molecule has 1 N–H and O–H groups in total. The Bertz CT molecular complexity index is 1250. The predicted octanol–water partition coefficient (Wildman–Crippen LogP) is 4.15. The Morgan fingerprint density at radius 3 is 2.69 bits per heavy atom. The Labute approximate surface area is 202 Å². The van der Waals surface area contributed by atoms with Gasteiger partial charge in [0.2, 0.25) is 0 Å². The van der Waals surface area contributed by atoms with Crippen LogP contribution in [0, 0.1) is 0 Å². The third-order valence-corrected chi connectivity index (χ3v) is 6.86. The van der Waals surface area contributed by atoms with Crippen molar-refractivity contribution in [3.63, 3.8) is 0 Å². The van der Waals surface area contributed by atoms with E-state index in [9.17, 15) is 0 Å². The van der Waals surface area contributed by atoms with E-state index in [1.54, 1.807) is 0 Å². The molecule has 1 aliphatic rings. The second-order valence-corrected chi connectivity index (χ2v) is 9.72. The maximum atomic E-state index is 6.47. The number of aromatic nitrogens is 3. The smallest absolute Gasteiger partial charge is 0.151 e. The second-order valence-electron chi connectivity index (χ2n) is 8.39. The fourth-order valence-electron chi connectivity index (χ4n) is 4.32. The van der Waals surface area contributed by atoms with Gasteiger partial charge in [0.15, 0.2) is 5.65 Å². The fourth-order valence-corrected chi connectivity index (χ4v) is 5.00. The highest BCUT2D eigenvalue weighted by atomic mass is 79.9. The number of rotatable bonds is 5. The number of likely N-dealkylation sites (tertiary alicyclic amines) is 1.